The Balaban J connectivity index is 1.63. The molecule has 8 nitrogen and oxygen atoms in total. The molecule has 0 aliphatic heterocycles. The molecule has 0 atom stereocenters. The first-order chi connectivity index (χ1) is 15.1. The molecule has 0 fully saturated rings. The van der Waals surface area contributed by atoms with Crippen molar-refractivity contribution in [3.63, 3.8) is 0 Å². The molecule has 0 unspecified atom stereocenters. The minimum Gasteiger partial charge on any atom is -0.258 e. The van der Waals surface area contributed by atoms with Crippen molar-refractivity contribution in [1.29, 1.82) is 0 Å². The van der Waals surface area contributed by atoms with Gasteiger partial charge in [0.1, 0.15) is 16.4 Å². The lowest BCUT2D eigenvalue weighted by atomic mass is 10.0. The summed E-state index contributed by atoms with van der Waals surface area (Å²) in [6.07, 6.45) is 1.42. The second kappa shape index (κ2) is 9.10. The van der Waals surface area contributed by atoms with E-state index in [1.54, 1.807) is 6.07 Å². The van der Waals surface area contributed by atoms with Gasteiger partial charge in [0, 0.05) is 22.8 Å². The molecule has 0 spiro atoms. The Hall–Kier alpha value is -4.17. The van der Waals surface area contributed by atoms with E-state index in [9.17, 15) is 10.1 Å². The third-order valence-electron chi connectivity index (χ3n) is 4.33. The van der Waals surface area contributed by atoms with Crippen LogP contribution in [0.2, 0.25) is 5.02 Å². The standard InChI is InChI=1S/C22H15ClN6O2/c23-18-12-11-15(13-19(18)29(30)31)14-24-27-22-25-20(16-7-3-1-4-8-16)21(26-28-22)17-9-5-2-6-10-17/h1-14H,(H,25,27,28)/b24-14-. The van der Waals surface area contributed by atoms with Crippen LogP contribution in [-0.2, 0) is 0 Å². The predicted molar refractivity (Wildman–Crippen MR) is 120 cm³/mol. The van der Waals surface area contributed by atoms with Crippen molar-refractivity contribution in [2.75, 3.05) is 5.43 Å². The average Bonchev–Trinajstić information content (AvgIpc) is 2.81. The van der Waals surface area contributed by atoms with Crippen molar-refractivity contribution in [1.82, 2.24) is 15.2 Å². The summed E-state index contributed by atoms with van der Waals surface area (Å²) in [4.78, 5) is 15.1. The van der Waals surface area contributed by atoms with Crippen molar-refractivity contribution in [3.8, 4) is 22.5 Å². The molecule has 0 saturated carbocycles. The molecular weight excluding hydrogens is 416 g/mol. The molecule has 9 heteroatoms. The molecule has 31 heavy (non-hydrogen) atoms. The smallest absolute Gasteiger partial charge is 0.258 e. The van der Waals surface area contributed by atoms with Gasteiger partial charge in [0.15, 0.2) is 0 Å². The number of hydrazone groups is 1. The Bertz CT molecular complexity index is 1250. The van der Waals surface area contributed by atoms with Gasteiger partial charge in [-0.05, 0) is 6.07 Å². The van der Waals surface area contributed by atoms with Gasteiger partial charge in [-0.15, -0.1) is 10.2 Å². The second-order valence-corrected chi connectivity index (χ2v) is 6.81. The molecule has 1 aromatic heterocycles. The van der Waals surface area contributed by atoms with Crippen LogP contribution in [-0.4, -0.2) is 26.3 Å². The molecular formula is C22H15ClN6O2. The number of anilines is 1. The van der Waals surface area contributed by atoms with Crippen LogP contribution in [0.1, 0.15) is 5.56 Å². The number of aromatic nitrogens is 3. The largest absolute Gasteiger partial charge is 0.288 e. The second-order valence-electron chi connectivity index (χ2n) is 6.40. The van der Waals surface area contributed by atoms with E-state index in [2.05, 4.69) is 25.7 Å². The maximum Gasteiger partial charge on any atom is 0.288 e. The first kappa shape index (κ1) is 20.1. The molecule has 0 aliphatic carbocycles. The van der Waals surface area contributed by atoms with Crippen LogP contribution >= 0.6 is 11.6 Å². The predicted octanol–water partition coefficient (Wildman–Crippen LogP) is 5.21. The fourth-order valence-electron chi connectivity index (χ4n) is 2.88. The van der Waals surface area contributed by atoms with Crippen LogP contribution in [0.25, 0.3) is 22.5 Å². The Morgan fingerprint density at radius 3 is 2.19 bits per heavy atom. The molecule has 0 saturated heterocycles. The van der Waals surface area contributed by atoms with Crippen LogP contribution in [0.15, 0.2) is 84.0 Å². The van der Waals surface area contributed by atoms with Gasteiger partial charge in [-0.2, -0.15) is 5.10 Å². The Kier molecular flexibility index (Phi) is 5.91. The summed E-state index contributed by atoms with van der Waals surface area (Å²) in [5.74, 6) is 0.193. The van der Waals surface area contributed by atoms with Crippen LogP contribution in [0, 0.1) is 10.1 Å². The van der Waals surface area contributed by atoms with Gasteiger partial charge in [-0.25, -0.2) is 10.4 Å². The van der Waals surface area contributed by atoms with Gasteiger partial charge in [-0.3, -0.25) is 10.1 Å². The summed E-state index contributed by atoms with van der Waals surface area (Å²) in [6.45, 7) is 0. The summed E-state index contributed by atoms with van der Waals surface area (Å²) in [5.41, 5.74) is 6.12. The topological polar surface area (TPSA) is 106 Å². The minimum atomic E-state index is -0.547. The monoisotopic (exact) mass is 430 g/mol. The highest BCUT2D eigenvalue weighted by Crippen LogP contribution is 2.28. The van der Waals surface area contributed by atoms with E-state index in [4.69, 9.17) is 11.6 Å². The summed E-state index contributed by atoms with van der Waals surface area (Å²) in [7, 11) is 0. The zero-order valence-corrected chi connectivity index (χ0v) is 16.8. The minimum absolute atomic E-state index is 0.0617. The van der Waals surface area contributed by atoms with Crippen LogP contribution in [0.4, 0.5) is 11.6 Å². The SMILES string of the molecule is O=[N+]([O-])c1cc(/C=N\Nc2nnc(-c3ccccc3)c(-c3ccccc3)n2)ccc1Cl. The molecule has 4 aromatic rings. The highest BCUT2D eigenvalue weighted by molar-refractivity contribution is 6.32. The molecule has 4 rings (SSSR count). The fourth-order valence-corrected chi connectivity index (χ4v) is 3.06. The number of hydrogen-bond donors (Lipinski definition) is 1. The molecule has 1 N–H and O–H groups in total. The maximum atomic E-state index is 11.0. The summed E-state index contributed by atoms with van der Waals surface area (Å²) < 4.78 is 0. The van der Waals surface area contributed by atoms with E-state index in [1.807, 2.05) is 60.7 Å². The van der Waals surface area contributed by atoms with Crippen LogP contribution in [0.3, 0.4) is 0 Å². The fraction of sp³-hybridized carbons (Fsp3) is 0. The highest BCUT2D eigenvalue weighted by atomic mass is 35.5. The molecule has 1 heterocycles. The molecule has 0 bridgehead atoms. The zero-order chi connectivity index (χ0) is 21.6. The summed E-state index contributed by atoms with van der Waals surface area (Å²) in [5, 5.41) is 23.6. The number of benzene rings is 3. The number of halogens is 1. The molecule has 0 amide bonds. The van der Waals surface area contributed by atoms with Crippen molar-refractivity contribution in [2.24, 2.45) is 5.10 Å². The lowest BCUT2D eigenvalue weighted by molar-refractivity contribution is -0.384. The molecule has 0 aliphatic rings. The lowest BCUT2D eigenvalue weighted by Crippen LogP contribution is -2.03. The number of nitro benzene ring substituents is 1. The van der Waals surface area contributed by atoms with E-state index in [-0.39, 0.29) is 16.7 Å². The van der Waals surface area contributed by atoms with Gasteiger partial charge in [0.25, 0.3) is 11.6 Å². The number of nitro groups is 1. The Morgan fingerprint density at radius 1 is 0.903 bits per heavy atom. The van der Waals surface area contributed by atoms with Crippen molar-refractivity contribution < 1.29 is 4.92 Å². The van der Waals surface area contributed by atoms with Gasteiger partial charge in [-0.1, -0.05) is 78.3 Å². The maximum absolute atomic E-state index is 11.0. The first-order valence-electron chi connectivity index (χ1n) is 9.20. The van der Waals surface area contributed by atoms with Gasteiger partial charge in [0.2, 0.25) is 0 Å². The van der Waals surface area contributed by atoms with E-state index in [1.165, 1.54) is 18.3 Å². The van der Waals surface area contributed by atoms with Crippen molar-refractivity contribution in [3.05, 3.63) is 99.6 Å². The van der Waals surface area contributed by atoms with E-state index in [0.29, 0.717) is 17.0 Å². The number of rotatable bonds is 6. The zero-order valence-electron chi connectivity index (χ0n) is 16.0. The Labute approximate surface area is 182 Å². The highest BCUT2D eigenvalue weighted by Gasteiger charge is 2.14. The number of hydrogen-bond acceptors (Lipinski definition) is 7. The van der Waals surface area contributed by atoms with Gasteiger partial charge in [0.05, 0.1) is 11.1 Å². The quantitative estimate of drug-likeness (QED) is 0.255. The first-order valence-corrected chi connectivity index (χ1v) is 9.58. The summed E-state index contributed by atoms with van der Waals surface area (Å²) >= 11 is 5.83. The molecule has 3 aromatic carbocycles. The van der Waals surface area contributed by atoms with Crippen molar-refractivity contribution in [2.45, 2.75) is 0 Å². The van der Waals surface area contributed by atoms with Crippen LogP contribution in [0.5, 0.6) is 0 Å². The summed E-state index contributed by atoms with van der Waals surface area (Å²) in [6, 6.07) is 23.7. The number of nitrogens with one attached hydrogen (secondary N) is 1. The van der Waals surface area contributed by atoms with Gasteiger partial charge < -0.3 is 0 Å². The normalized spacial score (nSPS) is 10.9. The van der Waals surface area contributed by atoms with Crippen LogP contribution < -0.4 is 5.43 Å². The number of nitrogens with zero attached hydrogens (tertiary/aromatic N) is 5. The molecule has 152 valence electrons. The third-order valence-corrected chi connectivity index (χ3v) is 4.65. The van der Waals surface area contributed by atoms with E-state index < -0.39 is 4.92 Å². The molecule has 0 radical (unpaired) electrons. The van der Waals surface area contributed by atoms with Gasteiger partial charge >= 0.3 is 0 Å². The Morgan fingerprint density at radius 2 is 1.55 bits per heavy atom. The lowest BCUT2D eigenvalue weighted by Gasteiger charge is -2.09. The average molecular weight is 431 g/mol. The van der Waals surface area contributed by atoms with E-state index >= 15 is 0 Å². The third kappa shape index (κ3) is 4.71. The van der Waals surface area contributed by atoms with Crippen molar-refractivity contribution >= 4 is 29.5 Å². The van der Waals surface area contributed by atoms with E-state index in [0.717, 1.165) is 11.1 Å².